The van der Waals surface area contributed by atoms with E-state index < -0.39 is 5.41 Å². The Morgan fingerprint density at radius 3 is 2.36 bits per heavy atom. The Kier molecular flexibility index (Phi) is 8.99. The highest BCUT2D eigenvalue weighted by Gasteiger charge is 2.45. The van der Waals surface area contributed by atoms with Gasteiger partial charge in [-0.2, -0.15) is 0 Å². The summed E-state index contributed by atoms with van der Waals surface area (Å²) < 4.78 is 5.34. The smallest absolute Gasteiger partial charge is 0.409 e. The maximum atomic E-state index is 13.1. The van der Waals surface area contributed by atoms with Crippen LogP contribution in [0.5, 0.6) is 0 Å². The van der Waals surface area contributed by atoms with Gasteiger partial charge in [0.25, 0.3) is 0 Å². The molecule has 0 saturated carbocycles. The minimum atomic E-state index is -0.526. The van der Waals surface area contributed by atoms with Crippen molar-refractivity contribution in [1.29, 1.82) is 0 Å². The van der Waals surface area contributed by atoms with Crippen molar-refractivity contribution in [3.63, 3.8) is 0 Å². The first-order valence-corrected chi connectivity index (χ1v) is 17.1. The van der Waals surface area contributed by atoms with Crippen molar-refractivity contribution in [2.45, 2.75) is 99.0 Å². The van der Waals surface area contributed by atoms with Gasteiger partial charge in [-0.15, -0.1) is 0 Å². The van der Waals surface area contributed by atoms with Crippen LogP contribution in [0.15, 0.2) is 60.7 Å². The maximum Gasteiger partial charge on any atom is 0.409 e. The van der Waals surface area contributed by atoms with Crippen molar-refractivity contribution in [2.24, 2.45) is 5.41 Å². The lowest BCUT2D eigenvalue weighted by molar-refractivity contribution is -0.151. The van der Waals surface area contributed by atoms with Crippen molar-refractivity contribution >= 4 is 40.6 Å². The number of rotatable bonds is 11. The number of carbonyl (C=O) groups excluding carboxylic acids is 1. The summed E-state index contributed by atoms with van der Waals surface area (Å²) >= 11 is 0. The second-order valence-corrected chi connectivity index (χ2v) is 13.9. The summed E-state index contributed by atoms with van der Waals surface area (Å²) in [5.74, 6) is -0.103. The normalized spacial score (nSPS) is 17.0. The van der Waals surface area contributed by atoms with Gasteiger partial charge in [0.05, 0.1) is 12.5 Å². The minimum Gasteiger partial charge on any atom is -0.469 e. The lowest BCUT2D eigenvalue weighted by Crippen LogP contribution is -2.58. The van der Waals surface area contributed by atoms with E-state index in [1.54, 1.807) is 0 Å². The number of nitrogens with zero attached hydrogens (tertiary/aromatic N) is 1. The number of esters is 1. The van der Waals surface area contributed by atoms with E-state index in [1.807, 2.05) is 0 Å². The molecule has 6 rings (SSSR count). The molecule has 2 aliphatic rings. The molecule has 0 fully saturated rings. The van der Waals surface area contributed by atoms with Gasteiger partial charge in [-0.25, -0.2) is 0 Å². The van der Waals surface area contributed by atoms with Gasteiger partial charge in [-0.3, -0.25) is 4.79 Å². The minimum absolute atomic E-state index is 0.0332. The van der Waals surface area contributed by atoms with Crippen LogP contribution >= 0.6 is 0 Å². The molecule has 0 spiro atoms. The number of methoxy groups -OCH3 is 1. The first-order chi connectivity index (χ1) is 21.8. The van der Waals surface area contributed by atoms with Crippen LogP contribution in [-0.4, -0.2) is 20.1 Å². The number of hydrogen-bond donors (Lipinski definition) is 1. The number of benzene rings is 4. The Morgan fingerprint density at radius 2 is 1.62 bits per heavy atom. The second-order valence-electron chi connectivity index (χ2n) is 13.9. The molecule has 1 unspecified atom stereocenters. The van der Waals surface area contributed by atoms with Crippen molar-refractivity contribution in [3.8, 4) is 0 Å². The summed E-state index contributed by atoms with van der Waals surface area (Å²) in [6.45, 7) is 12.0. The number of carbonyl (C=O) groups is 1. The molecule has 4 aromatic carbocycles. The molecular formula is C40H49BN2O2. The SMILES string of the molecule is CCCCCCCCc1c(C)c2c(c(C)c1B1Nc3cccc4cc(C)cc(c34)N1Cc1ccccc1)CC(C)(C(=O)OC)C2. The standard InChI is InChI=1S/C40H49BN2O2/c1-7-8-9-10-11-15-20-32-28(3)33-24-40(5,39(44)45-6)25-34(33)29(4)38(32)41-42-35-21-16-19-31-22-27(2)23-36(37(31)35)43(41)26-30-17-13-12-14-18-30/h12-14,16-19,21-23,42H,7-11,15,20,24-26H2,1-6H3. The fourth-order valence-electron chi connectivity index (χ4n) is 8.16. The third-order valence-corrected chi connectivity index (χ3v) is 10.5. The highest BCUT2D eigenvalue weighted by molar-refractivity contribution is 6.81. The number of ether oxygens (including phenoxy) is 1. The zero-order chi connectivity index (χ0) is 31.7. The fraction of sp³-hybridized carbons (Fsp3) is 0.425. The molecule has 234 valence electrons. The second kappa shape index (κ2) is 12.9. The molecule has 0 radical (unpaired) electrons. The summed E-state index contributed by atoms with van der Waals surface area (Å²) in [5.41, 5.74) is 12.8. The van der Waals surface area contributed by atoms with Gasteiger partial charge < -0.3 is 14.8 Å². The largest absolute Gasteiger partial charge is 0.469 e. The van der Waals surface area contributed by atoms with E-state index in [4.69, 9.17) is 4.74 Å². The molecule has 1 atom stereocenters. The zero-order valence-electron chi connectivity index (χ0n) is 28.2. The number of fused-ring (bicyclic) bond motifs is 1. The summed E-state index contributed by atoms with van der Waals surface area (Å²) in [5, 5.41) is 6.64. The first-order valence-electron chi connectivity index (χ1n) is 17.1. The van der Waals surface area contributed by atoms with E-state index >= 15 is 0 Å². The van der Waals surface area contributed by atoms with Crippen LogP contribution in [0.3, 0.4) is 0 Å². The van der Waals surface area contributed by atoms with Gasteiger partial charge >= 0.3 is 13.0 Å². The Hall–Kier alpha value is -3.73. The monoisotopic (exact) mass is 600 g/mol. The Balaban J connectivity index is 1.51. The van der Waals surface area contributed by atoms with Crippen LogP contribution in [0.1, 0.15) is 91.3 Å². The number of nitrogens with one attached hydrogen (secondary N) is 1. The van der Waals surface area contributed by atoms with Crippen LogP contribution in [0, 0.1) is 26.2 Å². The van der Waals surface area contributed by atoms with Crippen LogP contribution in [0.4, 0.5) is 11.4 Å². The quantitative estimate of drug-likeness (QED) is 0.106. The summed E-state index contributed by atoms with van der Waals surface area (Å²) in [6, 6.07) is 22.2. The van der Waals surface area contributed by atoms with E-state index in [0.29, 0.717) is 0 Å². The molecule has 5 heteroatoms. The zero-order valence-corrected chi connectivity index (χ0v) is 28.2. The topological polar surface area (TPSA) is 41.6 Å². The molecule has 1 aliphatic heterocycles. The lowest BCUT2D eigenvalue weighted by atomic mass is 9.58. The molecule has 0 aromatic heterocycles. The number of anilines is 2. The molecule has 1 aliphatic carbocycles. The first kappa shape index (κ1) is 31.3. The van der Waals surface area contributed by atoms with Crippen LogP contribution in [-0.2, 0) is 35.3 Å². The van der Waals surface area contributed by atoms with E-state index in [0.717, 1.165) is 25.8 Å². The van der Waals surface area contributed by atoms with Gasteiger partial charge in [0, 0.05) is 23.3 Å². The fourth-order valence-corrected chi connectivity index (χ4v) is 8.16. The summed E-state index contributed by atoms with van der Waals surface area (Å²) in [7, 11) is 1.53. The third-order valence-electron chi connectivity index (χ3n) is 10.5. The van der Waals surface area contributed by atoms with Gasteiger partial charge in [-0.05, 0) is 115 Å². The molecule has 4 nitrogen and oxygen atoms in total. The highest BCUT2D eigenvalue weighted by atomic mass is 16.5. The van der Waals surface area contributed by atoms with Crippen LogP contribution in [0.2, 0.25) is 0 Å². The van der Waals surface area contributed by atoms with Crippen molar-refractivity contribution in [1.82, 2.24) is 0 Å². The summed E-state index contributed by atoms with van der Waals surface area (Å²) in [6.07, 6.45) is 10.2. The molecular weight excluding hydrogens is 551 g/mol. The van der Waals surface area contributed by atoms with Gasteiger partial charge in [0.2, 0.25) is 0 Å². The van der Waals surface area contributed by atoms with E-state index in [-0.39, 0.29) is 13.0 Å². The Bertz CT molecular complexity index is 1720. The predicted octanol–water partition coefficient (Wildman–Crippen LogP) is 8.77. The molecule has 0 amide bonds. The third kappa shape index (κ3) is 5.87. The molecule has 1 N–H and O–H groups in total. The van der Waals surface area contributed by atoms with Gasteiger partial charge in [-0.1, -0.05) is 87.6 Å². The predicted molar refractivity (Wildman–Crippen MR) is 191 cm³/mol. The van der Waals surface area contributed by atoms with Gasteiger partial charge in [0.1, 0.15) is 0 Å². The molecule has 0 bridgehead atoms. The molecule has 1 heterocycles. The number of hydrogen-bond acceptors (Lipinski definition) is 4. The van der Waals surface area contributed by atoms with Crippen molar-refractivity contribution in [2.75, 3.05) is 17.1 Å². The highest BCUT2D eigenvalue weighted by Crippen LogP contribution is 2.44. The molecule has 45 heavy (non-hydrogen) atoms. The number of aryl methyl sites for hydroxylation is 1. The van der Waals surface area contributed by atoms with Crippen molar-refractivity contribution < 1.29 is 9.53 Å². The lowest BCUT2D eigenvalue weighted by Gasteiger charge is -2.40. The summed E-state index contributed by atoms with van der Waals surface area (Å²) in [4.78, 5) is 15.7. The van der Waals surface area contributed by atoms with E-state index in [1.165, 1.54) is 112 Å². The molecule has 0 saturated heterocycles. The van der Waals surface area contributed by atoms with Crippen LogP contribution < -0.4 is 15.5 Å². The van der Waals surface area contributed by atoms with E-state index in [9.17, 15) is 4.79 Å². The average molecular weight is 601 g/mol. The van der Waals surface area contributed by atoms with Crippen LogP contribution in [0.25, 0.3) is 10.8 Å². The Morgan fingerprint density at radius 1 is 0.911 bits per heavy atom. The maximum absolute atomic E-state index is 13.1. The molecule has 4 aromatic rings. The van der Waals surface area contributed by atoms with E-state index in [2.05, 4.69) is 105 Å². The van der Waals surface area contributed by atoms with Crippen molar-refractivity contribution in [3.05, 3.63) is 99.6 Å². The number of unbranched alkanes of at least 4 members (excludes halogenated alkanes) is 5. The Labute approximate surface area is 270 Å². The van der Waals surface area contributed by atoms with Gasteiger partial charge in [0.15, 0.2) is 0 Å². The average Bonchev–Trinajstić information content (AvgIpc) is 3.42.